The van der Waals surface area contributed by atoms with Crippen molar-refractivity contribution in [2.24, 2.45) is 0 Å². The molecule has 0 saturated heterocycles. The second-order valence-corrected chi connectivity index (χ2v) is 11.0. The van der Waals surface area contributed by atoms with Crippen LogP contribution in [-0.4, -0.2) is 33.5 Å². The monoisotopic (exact) mass is 442 g/mol. The summed E-state index contributed by atoms with van der Waals surface area (Å²) in [5.74, 6) is -1.12. The number of aromatic nitrogens is 1. The van der Waals surface area contributed by atoms with Crippen LogP contribution < -0.4 is 5.32 Å². The molecule has 9 heteroatoms. The van der Waals surface area contributed by atoms with Crippen LogP contribution in [-0.2, 0) is 26.2 Å². The van der Waals surface area contributed by atoms with Gasteiger partial charge in [-0.2, -0.15) is 0 Å². The molecule has 0 aliphatic carbocycles. The van der Waals surface area contributed by atoms with Crippen molar-refractivity contribution in [3.63, 3.8) is 0 Å². The summed E-state index contributed by atoms with van der Waals surface area (Å²) in [6.45, 7) is 0.202. The summed E-state index contributed by atoms with van der Waals surface area (Å²) in [6.07, 6.45) is 3.19. The molecule has 7 nitrogen and oxygen atoms in total. The minimum absolute atomic E-state index is 0.0186. The van der Waals surface area contributed by atoms with Gasteiger partial charge in [0.05, 0.1) is 15.5 Å². The van der Waals surface area contributed by atoms with Crippen molar-refractivity contribution in [3.8, 4) is 0 Å². The highest BCUT2D eigenvalue weighted by Crippen LogP contribution is 2.42. The molecule has 2 heterocycles. The number of amides is 1. The lowest BCUT2D eigenvalue weighted by molar-refractivity contribution is 0.0949. The van der Waals surface area contributed by atoms with Gasteiger partial charge in [0.2, 0.25) is 0 Å². The van der Waals surface area contributed by atoms with E-state index in [-0.39, 0.29) is 27.5 Å². The van der Waals surface area contributed by atoms with Crippen molar-refractivity contribution >= 4 is 25.6 Å². The molecule has 1 aliphatic rings. The van der Waals surface area contributed by atoms with Crippen LogP contribution in [0.4, 0.5) is 0 Å². The zero-order chi connectivity index (χ0) is 21.4. The van der Waals surface area contributed by atoms with Crippen LogP contribution in [0.2, 0.25) is 0 Å². The van der Waals surface area contributed by atoms with Gasteiger partial charge in [0.15, 0.2) is 19.7 Å². The average Bonchev–Trinajstić information content (AvgIpc) is 3.05. The van der Waals surface area contributed by atoms with E-state index in [1.165, 1.54) is 30.3 Å². The molecule has 0 saturated carbocycles. The second kappa shape index (κ2) is 7.66. The molecule has 1 aliphatic heterocycles. The van der Waals surface area contributed by atoms with Crippen LogP contribution >= 0.6 is 0 Å². The fourth-order valence-electron chi connectivity index (χ4n) is 3.52. The van der Waals surface area contributed by atoms with Gasteiger partial charge < -0.3 is 5.32 Å². The molecular formula is C21H18N2O5S2. The molecule has 0 fully saturated rings. The predicted octanol–water partition coefficient (Wildman–Crippen LogP) is 2.31. The van der Waals surface area contributed by atoms with Crippen LogP contribution in [0.15, 0.2) is 82.8 Å². The van der Waals surface area contributed by atoms with Gasteiger partial charge >= 0.3 is 0 Å². The number of rotatable bonds is 5. The number of benzene rings is 2. The van der Waals surface area contributed by atoms with Crippen LogP contribution in [0.3, 0.4) is 0 Å². The number of carbonyl (C=O) groups is 1. The van der Waals surface area contributed by atoms with E-state index in [1.54, 1.807) is 42.7 Å². The lowest BCUT2D eigenvalue weighted by Crippen LogP contribution is -2.25. The molecule has 1 atom stereocenters. The fourth-order valence-corrected chi connectivity index (χ4v) is 7.89. The zero-order valence-corrected chi connectivity index (χ0v) is 17.4. The van der Waals surface area contributed by atoms with Crippen molar-refractivity contribution in [2.45, 2.75) is 21.6 Å². The third-order valence-electron chi connectivity index (χ3n) is 4.99. The zero-order valence-electron chi connectivity index (χ0n) is 15.7. The first-order valence-electron chi connectivity index (χ1n) is 9.12. The van der Waals surface area contributed by atoms with Crippen molar-refractivity contribution in [2.75, 3.05) is 5.75 Å². The molecule has 0 spiro atoms. The number of nitrogens with zero attached hydrogens (tertiary/aromatic N) is 1. The number of fused-ring (bicyclic) bond motifs is 1. The quantitative estimate of drug-likeness (QED) is 0.649. The molecule has 154 valence electrons. The molecule has 3 aromatic rings. The molecule has 2 aromatic carbocycles. The van der Waals surface area contributed by atoms with E-state index in [2.05, 4.69) is 10.3 Å². The molecule has 0 bridgehead atoms. The number of pyridine rings is 1. The summed E-state index contributed by atoms with van der Waals surface area (Å²) < 4.78 is 51.9. The van der Waals surface area contributed by atoms with Gasteiger partial charge in [0.25, 0.3) is 5.91 Å². The Hall–Kier alpha value is -3.04. The van der Waals surface area contributed by atoms with Crippen molar-refractivity contribution in [1.82, 2.24) is 10.3 Å². The van der Waals surface area contributed by atoms with Crippen LogP contribution in [0.5, 0.6) is 0 Å². The normalized spacial score (nSPS) is 17.3. The summed E-state index contributed by atoms with van der Waals surface area (Å²) in [5.41, 5.74) is 0.896. The summed E-state index contributed by atoms with van der Waals surface area (Å²) in [6, 6.07) is 15.4. The molecule has 1 aromatic heterocycles. The number of sulfone groups is 2. The first-order valence-corrected chi connectivity index (χ1v) is 12.3. The van der Waals surface area contributed by atoms with E-state index in [0.29, 0.717) is 0 Å². The second-order valence-electron chi connectivity index (χ2n) is 6.88. The van der Waals surface area contributed by atoms with Gasteiger partial charge in [0, 0.05) is 30.1 Å². The lowest BCUT2D eigenvalue weighted by Gasteiger charge is -2.15. The summed E-state index contributed by atoms with van der Waals surface area (Å²) in [4.78, 5) is 16.7. The number of hydrogen-bond donors (Lipinski definition) is 1. The van der Waals surface area contributed by atoms with Crippen LogP contribution in [0.25, 0.3) is 0 Å². The van der Waals surface area contributed by atoms with Gasteiger partial charge in [-0.15, -0.1) is 0 Å². The lowest BCUT2D eigenvalue weighted by atomic mass is 10.0. The average molecular weight is 443 g/mol. The number of hydrogen-bond acceptors (Lipinski definition) is 6. The fraction of sp³-hybridized carbons (Fsp3) is 0.143. The third kappa shape index (κ3) is 3.61. The molecule has 4 rings (SSSR count). The number of carbonyl (C=O) groups excluding carboxylic acids is 1. The van der Waals surface area contributed by atoms with E-state index < -0.39 is 36.6 Å². The molecule has 1 unspecified atom stereocenters. The van der Waals surface area contributed by atoms with E-state index in [4.69, 9.17) is 0 Å². The number of nitrogens with one attached hydrogen (secondary N) is 1. The Morgan fingerprint density at radius 1 is 1.00 bits per heavy atom. The Morgan fingerprint density at radius 2 is 1.70 bits per heavy atom. The van der Waals surface area contributed by atoms with Crippen molar-refractivity contribution < 1.29 is 21.6 Å². The maximum Gasteiger partial charge on any atom is 0.251 e. The Kier molecular flexibility index (Phi) is 5.17. The smallest absolute Gasteiger partial charge is 0.251 e. The maximum atomic E-state index is 13.2. The van der Waals surface area contributed by atoms with Crippen LogP contribution in [0, 0.1) is 0 Å². The van der Waals surface area contributed by atoms with Crippen molar-refractivity contribution in [3.05, 3.63) is 89.7 Å². The van der Waals surface area contributed by atoms with Crippen LogP contribution in [0.1, 0.15) is 26.7 Å². The molecular weight excluding hydrogens is 424 g/mol. The summed E-state index contributed by atoms with van der Waals surface area (Å²) >= 11 is 0. The van der Waals surface area contributed by atoms with Gasteiger partial charge in [-0.05, 0) is 42.0 Å². The SMILES string of the molecule is O=C(NCc1ccncc1)c1cccc2c1C(S(=O)(=O)c1ccccc1)CS2(=O)=O. The standard InChI is InChI=1S/C21H18N2O5S2/c24-21(23-13-15-9-11-22-12-10-15)17-7-4-8-18-20(17)19(14-29(18,25)26)30(27,28)16-5-2-1-3-6-16/h1-12,19H,13-14H2,(H,23,24). The minimum Gasteiger partial charge on any atom is -0.348 e. The largest absolute Gasteiger partial charge is 0.348 e. The highest BCUT2D eigenvalue weighted by atomic mass is 32.2. The van der Waals surface area contributed by atoms with Gasteiger partial charge in [-0.1, -0.05) is 24.3 Å². The summed E-state index contributed by atoms with van der Waals surface area (Å²) in [7, 11) is -7.85. The van der Waals surface area contributed by atoms with E-state index >= 15 is 0 Å². The Labute approximate surface area is 174 Å². The van der Waals surface area contributed by atoms with E-state index in [0.717, 1.165) is 5.56 Å². The Morgan fingerprint density at radius 3 is 2.40 bits per heavy atom. The molecule has 1 N–H and O–H groups in total. The van der Waals surface area contributed by atoms with Crippen molar-refractivity contribution in [1.29, 1.82) is 0 Å². The molecule has 30 heavy (non-hydrogen) atoms. The van der Waals surface area contributed by atoms with Gasteiger partial charge in [-0.3, -0.25) is 9.78 Å². The highest BCUT2D eigenvalue weighted by molar-refractivity contribution is 7.96. The van der Waals surface area contributed by atoms with Gasteiger partial charge in [0.1, 0.15) is 5.25 Å². The summed E-state index contributed by atoms with van der Waals surface area (Å²) in [5, 5.41) is 1.38. The Bertz CT molecular complexity index is 1310. The Balaban J connectivity index is 1.76. The first kappa shape index (κ1) is 20.2. The van der Waals surface area contributed by atoms with E-state index in [9.17, 15) is 21.6 Å². The maximum absolute atomic E-state index is 13.2. The minimum atomic E-state index is -4.01. The third-order valence-corrected chi connectivity index (χ3v) is 9.08. The molecule has 1 amide bonds. The first-order chi connectivity index (χ1) is 14.3. The highest BCUT2D eigenvalue weighted by Gasteiger charge is 2.45. The topological polar surface area (TPSA) is 110 Å². The molecule has 0 radical (unpaired) electrons. The van der Waals surface area contributed by atoms with Gasteiger partial charge in [-0.25, -0.2) is 16.8 Å². The predicted molar refractivity (Wildman–Crippen MR) is 110 cm³/mol. The van der Waals surface area contributed by atoms with E-state index in [1.807, 2.05) is 0 Å².